The Labute approximate surface area is 149 Å². The molecule has 25 heavy (non-hydrogen) atoms. The third-order valence-electron chi connectivity index (χ3n) is 4.04. The second-order valence-electron chi connectivity index (χ2n) is 5.97. The highest BCUT2D eigenvalue weighted by Crippen LogP contribution is 2.22. The maximum atomic E-state index is 12.4. The zero-order valence-corrected chi connectivity index (χ0v) is 15.0. The molecule has 1 unspecified atom stereocenters. The second-order valence-corrected chi connectivity index (χ2v) is 6.95. The van der Waals surface area contributed by atoms with Gasteiger partial charge < -0.3 is 10.2 Å². The average Bonchev–Trinajstić information content (AvgIpc) is 3.11. The maximum absolute atomic E-state index is 12.4. The van der Waals surface area contributed by atoms with Gasteiger partial charge in [-0.3, -0.25) is 14.2 Å². The van der Waals surface area contributed by atoms with E-state index in [1.807, 2.05) is 43.7 Å². The summed E-state index contributed by atoms with van der Waals surface area (Å²) in [4.78, 5) is 31.9. The highest BCUT2D eigenvalue weighted by molar-refractivity contribution is 7.10. The van der Waals surface area contributed by atoms with E-state index in [1.54, 1.807) is 17.4 Å². The molecule has 0 fully saturated rings. The number of nitrogens with zero attached hydrogens (tertiary/aromatic N) is 3. The summed E-state index contributed by atoms with van der Waals surface area (Å²) in [6.07, 6.45) is 1.25. The largest absolute Gasteiger partial charge is 0.353 e. The molecule has 1 N–H and O–H groups in total. The lowest BCUT2D eigenvalue weighted by Crippen LogP contribution is -2.37. The molecule has 0 aliphatic heterocycles. The van der Waals surface area contributed by atoms with Crippen molar-refractivity contribution in [3.8, 4) is 0 Å². The van der Waals surface area contributed by atoms with E-state index in [9.17, 15) is 9.59 Å². The van der Waals surface area contributed by atoms with E-state index in [-0.39, 0.29) is 24.1 Å². The van der Waals surface area contributed by atoms with Crippen LogP contribution in [0, 0.1) is 0 Å². The molecule has 7 heteroatoms. The zero-order valence-electron chi connectivity index (χ0n) is 14.2. The molecule has 1 amide bonds. The Morgan fingerprint density at radius 1 is 1.28 bits per heavy atom. The van der Waals surface area contributed by atoms with Crippen molar-refractivity contribution in [2.24, 2.45) is 0 Å². The summed E-state index contributed by atoms with van der Waals surface area (Å²) in [5.41, 5.74) is 1.07. The number of fused-ring (bicyclic) bond motifs is 1. The number of aromatic nitrogens is 2. The fourth-order valence-electron chi connectivity index (χ4n) is 2.71. The first-order chi connectivity index (χ1) is 12.1. The fraction of sp³-hybridized carbons (Fsp3) is 0.278. The van der Waals surface area contributed by atoms with Crippen LogP contribution in [-0.2, 0) is 11.3 Å². The smallest absolute Gasteiger partial charge is 0.269 e. The first-order valence-corrected chi connectivity index (χ1v) is 8.85. The van der Waals surface area contributed by atoms with E-state index < -0.39 is 0 Å². The van der Waals surface area contributed by atoms with Gasteiger partial charge in [0.25, 0.3) is 5.56 Å². The quantitative estimate of drug-likeness (QED) is 0.732. The van der Waals surface area contributed by atoms with Gasteiger partial charge in [0.05, 0.1) is 23.3 Å². The van der Waals surface area contributed by atoms with Gasteiger partial charge in [-0.1, -0.05) is 18.2 Å². The Morgan fingerprint density at radius 3 is 2.80 bits per heavy atom. The fourth-order valence-corrected chi connectivity index (χ4v) is 3.63. The Hall–Kier alpha value is -2.51. The van der Waals surface area contributed by atoms with Crippen LogP contribution in [0.25, 0.3) is 11.0 Å². The summed E-state index contributed by atoms with van der Waals surface area (Å²) < 4.78 is 1.45. The van der Waals surface area contributed by atoms with Crippen molar-refractivity contribution in [3.05, 3.63) is 63.2 Å². The minimum atomic E-state index is -0.281. The van der Waals surface area contributed by atoms with E-state index in [0.717, 1.165) is 0 Å². The minimum Gasteiger partial charge on any atom is -0.353 e. The Bertz CT molecular complexity index is 918. The summed E-state index contributed by atoms with van der Waals surface area (Å²) in [7, 11) is 3.97. The molecule has 2 heterocycles. The molecule has 0 radical (unpaired) electrons. The standard InChI is InChI=1S/C18H20N4O2S/c1-21(2)15(16-8-5-9-25-16)10-20-17(23)12-22-14-7-4-3-6-13(14)19-11-18(22)24/h3-9,11,15H,10,12H2,1-2H3,(H,20,23). The van der Waals surface area contributed by atoms with Crippen LogP contribution in [-0.4, -0.2) is 41.0 Å². The lowest BCUT2D eigenvalue weighted by molar-refractivity contribution is -0.121. The van der Waals surface area contributed by atoms with Crippen molar-refractivity contribution in [2.75, 3.05) is 20.6 Å². The van der Waals surface area contributed by atoms with Crippen molar-refractivity contribution in [3.63, 3.8) is 0 Å². The van der Waals surface area contributed by atoms with Crippen LogP contribution in [0.3, 0.4) is 0 Å². The lowest BCUT2D eigenvalue weighted by atomic mass is 10.2. The number of para-hydroxylation sites is 2. The van der Waals surface area contributed by atoms with Gasteiger partial charge in [-0.2, -0.15) is 0 Å². The summed E-state index contributed by atoms with van der Waals surface area (Å²) in [6, 6.07) is 11.5. The molecular weight excluding hydrogens is 336 g/mol. The van der Waals surface area contributed by atoms with Crippen molar-refractivity contribution in [2.45, 2.75) is 12.6 Å². The van der Waals surface area contributed by atoms with Crippen molar-refractivity contribution >= 4 is 28.3 Å². The maximum Gasteiger partial charge on any atom is 0.269 e. The number of amides is 1. The summed E-state index contributed by atoms with van der Waals surface area (Å²) in [5, 5.41) is 4.96. The topological polar surface area (TPSA) is 67.2 Å². The summed E-state index contributed by atoms with van der Waals surface area (Å²) in [6.45, 7) is 0.469. The number of hydrogen-bond donors (Lipinski definition) is 1. The van der Waals surface area contributed by atoms with Crippen molar-refractivity contribution in [1.29, 1.82) is 0 Å². The lowest BCUT2D eigenvalue weighted by Gasteiger charge is -2.23. The van der Waals surface area contributed by atoms with Gasteiger partial charge in [-0.15, -0.1) is 11.3 Å². The van der Waals surface area contributed by atoms with Crippen LogP contribution < -0.4 is 10.9 Å². The molecule has 3 rings (SSSR count). The van der Waals surface area contributed by atoms with E-state index in [0.29, 0.717) is 17.6 Å². The number of carbonyl (C=O) groups excluding carboxylic acids is 1. The van der Waals surface area contributed by atoms with Crippen LogP contribution >= 0.6 is 11.3 Å². The number of rotatable bonds is 6. The summed E-state index contributed by atoms with van der Waals surface area (Å²) >= 11 is 1.66. The predicted molar refractivity (Wildman–Crippen MR) is 99.8 cm³/mol. The third-order valence-corrected chi connectivity index (χ3v) is 5.02. The zero-order chi connectivity index (χ0) is 17.8. The van der Waals surface area contributed by atoms with E-state index in [1.165, 1.54) is 15.6 Å². The third kappa shape index (κ3) is 3.94. The first kappa shape index (κ1) is 17.3. The molecule has 130 valence electrons. The van der Waals surface area contributed by atoms with E-state index in [4.69, 9.17) is 0 Å². The number of hydrogen-bond acceptors (Lipinski definition) is 5. The molecule has 1 aromatic carbocycles. The van der Waals surface area contributed by atoms with Gasteiger partial charge >= 0.3 is 0 Å². The number of likely N-dealkylation sites (N-methyl/N-ethyl adjacent to an activating group) is 1. The van der Waals surface area contributed by atoms with Gasteiger partial charge in [0, 0.05) is 11.4 Å². The van der Waals surface area contributed by atoms with Gasteiger partial charge in [-0.05, 0) is 37.7 Å². The first-order valence-electron chi connectivity index (χ1n) is 7.97. The van der Waals surface area contributed by atoms with Gasteiger partial charge in [0.15, 0.2) is 0 Å². The molecule has 0 saturated carbocycles. The highest BCUT2D eigenvalue weighted by Gasteiger charge is 2.17. The van der Waals surface area contributed by atoms with E-state index in [2.05, 4.69) is 21.3 Å². The Morgan fingerprint density at radius 2 is 2.08 bits per heavy atom. The molecule has 0 saturated heterocycles. The van der Waals surface area contributed by atoms with Gasteiger partial charge in [0.1, 0.15) is 6.54 Å². The van der Waals surface area contributed by atoms with Crippen molar-refractivity contribution in [1.82, 2.24) is 19.8 Å². The van der Waals surface area contributed by atoms with Crippen LogP contribution in [0.2, 0.25) is 0 Å². The SMILES string of the molecule is CN(C)C(CNC(=O)Cn1c(=O)cnc2ccccc21)c1cccs1. The van der Waals surface area contributed by atoms with E-state index >= 15 is 0 Å². The minimum absolute atomic E-state index is 0.0214. The monoisotopic (exact) mass is 356 g/mol. The molecule has 0 spiro atoms. The highest BCUT2D eigenvalue weighted by atomic mass is 32.1. The van der Waals surface area contributed by atoms with Crippen LogP contribution in [0.4, 0.5) is 0 Å². The molecular formula is C18H20N4O2S. The number of benzene rings is 1. The van der Waals surface area contributed by atoms with Gasteiger partial charge in [0.2, 0.25) is 5.91 Å². The van der Waals surface area contributed by atoms with Gasteiger partial charge in [-0.25, -0.2) is 4.98 Å². The number of thiophene rings is 1. The average molecular weight is 356 g/mol. The van der Waals surface area contributed by atoms with Crippen LogP contribution in [0.15, 0.2) is 52.8 Å². The van der Waals surface area contributed by atoms with Crippen molar-refractivity contribution < 1.29 is 4.79 Å². The molecule has 6 nitrogen and oxygen atoms in total. The molecule has 0 aliphatic carbocycles. The molecule has 2 aromatic heterocycles. The summed E-state index contributed by atoms with van der Waals surface area (Å²) in [5.74, 6) is -0.193. The molecule has 0 bridgehead atoms. The number of nitrogens with one attached hydrogen (secondary N) is 1. The normalized spacial score (nSPS) is 12.4. The number of carbonyl (C=O) groups is 1. The Kier molecular flexibility index (Phi) is 5.25. The predicted octanol–water partition coefficient (Wildman–Crippen LogP) is 1.88. The molecule has 1 atom stereocenters. The molecule has 3 aromatic rings. The molecule has 0 aliphatic rings. The van der Waals surface area contributed by atoms with Crippen LogP contribution in [0.5, 0.6) is 0 Å². The Balaban J connectivity index is 1.73. The van der Waals surface area contributed by atoms with Crippen LogP contribution in [0.1, 0.15) is 10.9 Å². The second kappa shape index (κ2) is 7.58.